The molecule has 0 aromatic rings. The van der Waals surface area contributed by atoms with E-state index in [0.717, 1.165) is 12.8 Å². The molecule has 68 valence electrons. The van der Waals surface area contributed by atoms with E-state index in [9.17, 15) is 4.21 Å². The Morgan fingerprint density at radius 1 is 1.55 bits per heavy atom. The van der Waals surface area contributed by atoms with Crippen LogP contribution in [0.1, 0.15) is 26.7 Å². The van der Waals surface area contributed by atoms with Gasteiger partial charge < -0.3 is 0 Å². The summed E-state index contributed by atoms with van der Waals surface area (Å²) >= 11 is 0. The molecule has 0 saturated carbocycles. The average Bonchev–Trinajstić information content (AvgIpc) is 1.78. The quantitative estimate of drug-likeness (QED) is 0.617. The van der Waals surface area contributed by atoms with Crippen molar-refractivity contribution in [3.8, 4) is 0 Å². The van der Waals surface area contributed by atoms with Gasteiger partial charge in [0.1, 0.15) is 9.92 Å². The van der Waals surface area contributed by atoms with Crippen LogP contribution in [-0.4, -0.2) is 17.0 Å². The maximum absolute atomic E-state index is 10.8. The smallest absolute Gasteiger partial charge is 0.102 e. The van der Waals surface area contributed by atoms with Crippen molar-refractivity contribution in [3.63, 3.8) is 0 Å². The maximum Gasteiger partial charge on any atom is 0.102 e. The fourth-order valence-electron chi connectivity index (χ4n) is 0.777. The van der Waals surface area contributed by atoms with E-state index in [1.54, 1.807) is 0 Å². The van der Waals surface area contributed by atoms with Crippen molar-refractivity contribution < 1.29 is 4.21 Å². The van der Waals surface area contributed by atoms with Crippen molar-refractivity contribution in [2.75, 3.05) is 12.8 Å². The second-order valence-corrected chi connectivity index (χ2v) is 5.25. The van der Waals surface area contributed by atoms with E-state index in [4.69, 9.17) is 4.78 Å². The summed E-state index contributed by atoms with van der Waals surface area (Å²) in [6, 6.07) is 0. The molecule has 0 spiro atoms. The Balaban J connectivity index is 3.30. The predicted octanol–water partition coefficient (Wildman–Crippen LogP) is 1.60. The number of rotatable bonds is 5. The van der Waals surface area contributed by atoms with Crippen molar-refractivity contribution in [2.45, 2.75) is 26.7 Å². The van der Waals surface area contributed by atoms with Gasteiger partial charge in [-0.25, -0.2) is 13.7 Å². The van der Waals surface area contributed by atoms with Crippen LogP contribution in [0.15, 0.2) is 0 Å². The highest BCUT2D eigenvalue weighted by atomic mass is 32.2. The van der Waals surface area contributed by atoms with Gasteiger partial charge in [-0.15, -0.1) is 0 Å². The Kier molecular flexibility index (Phi) is 4.68. The molecular weight excluding hydrogens is 160 g/mol. The van der Waals surface area contributed by atoms with Crippen molar-refractivity contribution in [1.29, 1.82) is 4.78 Å². The molecule has 3 nitrogen and oxygen atoms in total. The zero-order valence-corrected chi connectivity index (χ0v) is 8.33. The fraction of sp³-hybridized carbons (Fsp3) is 1.00. The van der Waals surface area contributed by atoms with E-state index in [1.807, 2.05) is 0 Å². The zero-order chi connectivity index (χ0) is 8.91. The van der Waals surface area contributed by atoms with Gasteiger partial charge in [-0.05, 0) is 18.8 Å². The van der Waals surface area contributed by atoms with Gasteiger partial charge in [0.15, 0.2) is 0 Å². The number of hydrogen-bond donors (Lipinski definition) is 2. The zero-order valence-electron chi connectivity index (χ0n) is 7.52. The molecule has 0 aliphatic rings. The standard InChI is InChI=1S/C7H18N2OS/c1-7(2)5-4-6-9-11(3,8)10/h7H,4-6H2,1-3H3,(H2,8,9,10). The summed E-state index contributed by atoms with van der Waals surface area (Å²) in [5, 5.41) is 0. The second kappa shape index (κ2) is 4.72. The first-order valence-electron chi connectivity index (χ1n) is 3.90. The summed E-state index contributed by atoms with van der Waals surface area (Å²) in [6.07, 6.45) is 3.53. The third kappa shape index (κ3) is 9.91. The fourth-order valence-corrected chi connectivity index (χ4v) is 1.31. The molecule has 0 aromatic heterocycles. The number of hydrogen-bond acceptors (Lipinski definition) is 2. The predicted molar refractivity (Wildman–Crippen MR) is 48.9 cm³/mol. The van der Waals surface area contributed by atoms with Crippen LogP contribution in [0.25, 0.3) is 0 Å². The third-order valence-electron chi connectivity index (χ3n) is 1.34. The van der Waals surface area contributed by atoms with Gasteiger partial charge in [-0.3, -0.25) is 0 Å². The van der Waals surface area contributed by atoms with Crippen LogP contribution in [0, 0.1) is 10.7 Å². The minimum atomic E-state index is -2.47. The highest BCUT2D eigenvalue weighted by molar-refractivity contribution is 7.89. The lowest BCUT2D eigenvalue weighted by molar-refractivity contribution is 0.551. The van der Waals surface area contributed by atoms with E-state index in [2.05, 4.69) is 18.6 Å². The lowest BCUT2D eigenvalue weighted by Crippen LogP contribution is -2.21. The van der Waals surface area contributed by atoms with Gasteiger partial charge in [0.25, 0.3) is 0 Å². The first-order chi connectivity index (χ1) is 4.92. The molecule has 0 fully saturated rings. The van der Waals surface area contributed by atoms with E-state index in [0.29, 0.717) is 12.5 Å². The van der Waals surface area contributed by atoms with Crippen molar-refractivity contribution >= 4 is 9.92 Å². The van der Waals surface area contributed by atoms with Gasteiger partial charge >= 0.3 is 0 Å². The van der Waals surface area contributed by atoms with Crippen LogP contribution in [0.5, 0.6) is 0 Å². The molecular formula is C7H18N2OS. The molecule has 11 heavy (non-hydrogen) atoms. The normalized spacial score (nSPS) is 16.7. The first-order valence-corrected chi connectivity index (χ1v) is 5.87. The minimum Gasteiger partial charge on any atom is -0.241 e. The van der Waals surface area contributed by atoms with Gasteiger partial charge in [0, 0.05) is 12.8 Å². The van der Waals surface area contributed by atoms with Crippen molar-refractivity contribution in [3.05, 3.63) is 0 Å². The Labute approximate surface area is 69.7 Å². The lowest BCUT2D eigenvalue weighted by Gasteiger charge is -2.05. The largest absolute Gasteiger partial charge is 0.241 e. The SMILES string of the molecule is CC(C)CCCNS(C)(=N)=O. The van der Waals surface area contributed by atoms with E-state index in [1.165, 1.54) is 6.26 Å². The molecule has 0 aliphatic carbocycles. The molecule has 1 atom stereocenters. The molecule has 0 saturated heterocycles. The monoisotopic (exact) mass is 178 g/mol. The molecule has 0 amide bonds. The molecule has 1 unspecified atom stereocenters. The second-order valence-electron chi connectivity index (χ2n) is 3.27. The summed E-state index contributed by atoms with van der Waals surface area (Å²) in [5.41, 5.74) is 0. The Morgan fingerprint density at radius 3 is 2.45 bits per heavy atom. The van der Waals surface area contributed by atoms with Crippen LogP contribution >= 0.6 is 0 Å². The molecule has 0 aliphatic heterocycles. The molecule has 0 radical (unpaired) electrons. The topological polar surface area (TPSA) is 53.0 Å². The van der Waals surface area contributed by atoms with Crippen molar-refractivity contribution in [1.82, 2.24) is 4.72 Å². The number of nitrogens with one attached hydrogen (secondary N) is 2. The third-order valence-corrected chi connectivity index (χ3v) is 2.09. The Hall–Kier alpha value is -0.0900. The molecule has 0 heterocycles. The first kappa shape index (κ1) is 10.9. The molecule has 0 rings (SSSR count). The van der Waals surface area contributed by atoms with Gasteiger partial charge in [-0.1, -0.05) is 13.8 Å². The van der Waals surface area contributed by atoms with Gasteiger partial charge in [0.05, 0.1) is 0 Å². The van der Waals surface area contributed by atoms with Crippen LogP contribution in [0.4, 0.5) is 0 Å². The highest BCUT2D eigenvalue weighted by Crippen LogP contribution is 2.01. The van der Waals surface area contributed by atoms with E-state index in [-0.39, 0.29) is 0 Å². The summed E-state index contributed by atoms with van der Waals surface area (Å²) in [6.45, 7) is 5.00. The van der Waals surface area contributed by atoms with Crippen LogP contribution < -0.4 is 4.72 Å². The molecule has 0 aromatic carbocycles. The average molecular weight is 178 g/mol. The molecule has 0 bridgehead atoms. The van der Waals surface area contributed by atoms with Crippen LogP contribution in [0.2, 0.25) is 0 Å². The van der Waals surface area contributed by atoms with Gasteiger partial charge in [-0.2, -0.15) is 0 Å². The summed E-state index contributed by atoms with van der Waals surface area (Å²) in [4.78, 5) is 0. The Morgan fingerprint density at radius 2 is 2.09 bits per heavy atom. The van der Waals surface area contributed by atoms with Crippen LogP contribution in [-0.2, 0) is 9.92 Å². The van der Waals surface area contributed by atoms with Gasteiger partial charge in [0.2, 0.25) is 0 Å². The summed E-state index contributed by atoms with van der Waals surface area (Å²) in [7, 11) is -2.47. The Bertz CT molecular complexity index is 185. The summed E-state index contributed by atoms with van der Waals surface area (Å²) in [5.74, 6) is 0.690. The maximum atomic E-state index is 10.8. The highest BCUT2D eigenvalue weighted by Gasteiger charge is 1.96. The minimum absolute atomic E-state index is 0.690. The van der Waals surface area contributed by atoms with Crippen molar-refractivity contribution in [2.24, 2.45) is 5.92 Å². The van der Waals surface area contributed by atoms with E-state index < -0.39 is 9.92 Å². The molecule has 4 heteroatoms. The van der Waals surface area contributed by atoms with E-state index >= 15 is 0 Å². The summed E-state index contributed by atoms with van der Waals surface area (Å²) < 4.78 is 20.5. The molecule has 2 N–H and O–H groups in total. The van der Waals surface area contributed by atoms with Crippen LogP contribution in [0.3, 0.4) is 0 Å². The lowest BCUT2D eigenvalue weighted by atomic mass is 10.1.